The number of carbonyl (C=O) groups is 3. The fourth-order valence-corrected chi connectivity index (χ4v) is 7.34. The molecule has 1 aromatic heterocycles. The van der Waals surface area contributed by atoms with E-state index in [1.807, 2.05) is 0 Å². The number of halogens is 1. The number of rotatable bonds is 6. The number of imide groups is 1. The fourth-order valence-electron chi connectivity index (χ4n) is 5.83. The van der Waals surface area contributed by atoms with Crippen molar-refractivity contribution in [3.8, 4) is 0 Å². The van der Waals surface area contributed by atoms with Crippen molar-refractivity contribution in [1.29, 1.82) is 0 Å². The molecule has 0 spiro atoms. The third-order valence-corrected chi connectivity index (χ3v) is 7.18. The lowest BCUT2D eigenvalue weighted by Crippen LogP contribution is -2.53. The Kier molecular flexibility index (Phi) is 5.24. The second kappa shape index (κ2) is 7.54. The van der Waals surface area contributed by atoms with E-state index in [1.165, 1.54) is 25.5 Å². The average molecular weight is 453 g/mol. The number of ether oxygens (including phenoxy) is 1. The van der Waals surface area contributed by atoms with Crippen LogP contribution >= 0.6 is 15.9 Å². The summed E-state index contributed by atoms with van der Waals surface area (Å²) in [6.07, 6.45) is 8.70. The molecular formula is C20H25BrN2O5. The molecule has 1 heterocycles. The first-order valence-corrected chi connectivity index (χ1v) is 10.6. The van der Waals surface area contributed by atoms with Gasteiger partial charge < -0.3 is 14.5 Å². The first kappa shape index (κ1) is 19.5. The molecule has 0 radical (unpaired) electrons. The molecule has 4 fully saturated rings. The van der Waals surface area contributed by atoms with Crippen LogP contribution < -0.4 is 10.6 Å². The monoisotopic (exact) mass is 452 g/mol. The van der Waals surface area contributed by atoms with Crippen LogP contribution in [0, 0.1) is 17.3 Å². The van der Waals surface area contributed by atoms with E-state index < -0.39 is 18.5 Å². The normalized spacial score (nSPS) is 32.8. The summed E-state index contributed by atoms with van der Waals surface area (Å²) >= 11 is 3.93. The Morgan fingerprint density at radius 3 is 2.61 bits per heavy atom. The van der Waals surface area contributed by atoms with Crippen LogP contribution in [0.15, 0.2) is 22.8 Å². The summed E-state index contributed by atoms with van der Waals surface area (Å²) in [4.78, 5) is 35.9. The molecule has 28 heavy (non-hydrogen) atoms. The van der Waals surface area contributed by atoms with E-state index in [2.05, 4.69) is 26.6 Å². The predicted octanol–water partition coefficient (Wildman–Crippen LogP) is 3.27. The minimum Gasteiger partial charge on any atom is -0.467 e. The van der Waals surface area contributed by atoms with E-state index in [9.17, 15) is 14.4 Å². The van der Waals surface area contributed by atoms with Gasteiger partial charge in [-0.1, -0.05) is 15.9 Å². The minimum atomic E-state index is -0.653. The Morgan fingerprint density at radius 2 is 1.96 bits per heavy atom. The largest absolute Gasteiger partial charge is 0.467 e. The molecule has 0 saturated heterocycles. The number of nitrogens with one attached hydrogen (secondary N) is 2. The van der Waals surface area contributed by atoms with E-state index in [0.29, 0.717) is 24.0 Å². The molecule has 3 amide bonds. The van der Waals surface area contributed by atoms with Crippen molar-refractivity contribution in [1.82, 2.24) is 10.6 Å². The smallest absolute Gasteiger partial charge is 0.321 e. The fraction of sp³-hybridized carbons (Fsp3) is 0.650. The van der Waals surface area contributed by atoms with Crippen LogP contribution in [0.4, 0.5) is 4.79 Å². The summed E-state index contributed by atoms with van der Waals surface area (Å²) in [6.45, 7) is -0.277. The second-order valence-electron chi connectivity index (χ2n) is 8.76. The molecule has 7 nitrogen and oxygen atoms in total. The van der Waals surface area contributed by atoms with Gasteiger partial charge in [0.2, 0.25) is 0 Å². The first-order chi connectivity index (χ1) is 13.3. The lowest BCUT2D eigenvalue weighted by atomic mass is 9.49. The molecule has 0 aliphatic heterocycles. The number of alkyl halides is 1. The van der Waals surface area contributed by atoms with Gasteiger partial charge in [0.05, 0.1) is 19.2 Å². The van der Waals surface area contributed by atoms with Gasteiger partial charge in [-0.15, -0.1) is 0 Å². The molecule has 2 atom stereocenters. The Hall–Kier alpha value is -1.83. The molecule has 4 saturated carbocycles. The summed E-state index contributed by atoms with van der Waals surface area (Å²) in [5, 5.41) is 4.65. The maximum atomic E-state index is 12.4. The van der Waals surface area contributed by atoms with Gasteiger partial charge in [-0.25, -0.2) is 4.79 Å². The van der Waals surface area contributed by atoms with Gasteiger partial charge in [0.25, 0.3) is 5.91 Å². The maximum Gasteiger partial charge on any atom is 0.321 e. The zero-order valence-corrected chi connectivity index (χ0v) is 17.3. The molecule has 4 aliphatic carbocycles. The van der Waals surface area contributed by atoms with Crippen LogP contribution in [0.5, 0.6) is 0 Å². The Morgan fingerprint density at radius 1 is 1.21 bits per heavy atom. The SMILES string of the molecule is O=C(COC(=O)CC12C[C@H]3C[C@@H](CC(Br)(C3)C1)C2)NC(=O)NCc1ccco1. The number of amides is 3. The number of hydrogen-bond donors (Lipinski definition) is 2. The molecular weight excluding hydrogens is 428 g/mol. The van der Waals surface area contributed by atoms with Gasteiger partial charge in [-0.3, -0.25) is 14.9 Å². The van der Waals surface area contributed by atoms with Crippen molar-refractivity contribution in [2.24, 2.45) is 17.3 Å². The van der Waals surface area contributed by atoms with Gasteiger partial charge >= 0.3 is 12.0 Å². The molecule has 152 valence electrons. The van der Waals surface area contributed by atoms with Crippen LogP contribution in [-0.4, -0.2) is 28.8 Å². The quantitative estimate of drug-likeness (QED) is 0.509. The third-order valence-electron chi connectivity index (χ3n) is 6.25. The van der Waals surface area contributed by atoms with Gasteiger partial charge in [-0.05, 0) is 67.9 Å². The molecule has 0 aromatic carbocycles. The minimum absolute atomic E-state index is 0.00155. The predicted molar refractivity (Wildman–Crippen MR) is 103 cm³/mol. The van der Waals surface area contributed by atoms with Crippen molar-refractivity contribution in [3.05, 3.63) is 24.2 Å². The Balaban J connectivity index is 1.20. The number of furan rings is 1. The van der Waals surface area contributed by atoms with Crippen LogP contribution in [0.1, 0.15) is 50.7 Å². The van der Waals surface area contributed by atoms with E-state index in [-0.39, 0.29) is 22.3 Å². The van der Waals surface area contributed by atoms with Crippen LogP contribution in [0.3, 0.4) is 0 Å². The number of urea groups is 1. The van der Waals surface area contributed by atoms with E-state index >= 15 is 0 Å². The lowest BCUT2D eigenvalue weighted by molar-refractivity contribution is -0.154. The van der Waals surface area contributed by atoms with Gasteiger partial charge in [-0.2, -0.15) is 0 Å². The molecule has 4 aliphatic rings. The van der Waals surface area contributed by atoms with Crippen molar-refractivity contribution in [2.75, 3.05) is 6.61 Å². The zero-order chi connectivity index (χ0) is 19.8. The highest BCUT2D eigenvalue weighted by molar-refractivity contribution is 9.10. The average Bonchev–Trinajstić information content (AvgIpc) is 3.09. The molecule has 5 rings (SSSR count). The van der Waals surface area contributed by atoms with Gasteiger partial charge in [0.1, 0.15) is 5.76 Å². The van der Waals surface area contributed by atoms with E-state index in [4.69, 9.17) is 9.15 Å². The van der Waals surface area contributed by atoms with Crippen molar-refractivity contribution >= 4 is 33.8 Å². The van der Waals surface area contributed by atoms with Gasteiger partial charge in [0.15, 0.2) is 6.61 Å². The summed E-state index contributed by atoms with van der Waals surface area (Å²) in [5.74, 6) is 0.954. The van der Waals surface area contributed by atoms with Crippen molar-refractivity contribution in [3.63, 3.8) is 0 Å². The molecule has 8 heteroatoms. The second-order valence-corrected chi connectivity index (χ2v) is 10.4. The summed E-state index contributed by atoms with van der Waals surface area (Å²) < 4.78 is 10.4. The summed E-state index contributed by atoms with van der Waals surface area (Å²) in [5.41, 5.74) is 0.00155. The zero-order valence-electron chi connectivity index (χ0n) is 15.7. The number of carbonyl (C=O) groups excluding carboxylic acids is 3. The standard InChI is InChI=1S/C20H25BrN2O5/c21-20-7-13-4-14(8-20)6-19(5-13,12-20)9-17(25)28-11-16(24)23-18(26)22-10-15-2-1-3-27-15/h1-3,13-14H,4-12H2,(H2,22,23,24,26)/t13-,14-,19?,20?/m1/s1. The maximum absolute atomic E-state index is 12.4. The topological polar surface area (TPSA) is 97.6 Å². The Labute approximate surface area is 172 Å². The first-order valence-electron chi connectivity index (χ1n) is 9.78. The third kappa shape index (κ3) is 4.42. The molecule has 1 aromatic rings. The van der Waals surface area contributed by atoms with Gasteiger partial charge in [0, 0.05) is 4.32 Å². The summed E-state index contributed by atoms with van der Waals surface area (Å²) in [6, 6.07) is 2.77. The molecule has 0 unspecified atom stereocenters. The van der Waals surface area contributed by atoms with E-state index in [1.54, 1.807) is 12.1 Å². The van der Waals surface area contributed by atoms with Crippen LogP contribution in [0.25, 0.3) is 0 Å². The van der Waals surface area contributed by atoms with Crippen molar-refractivity contribution < 1.29 is 23.5 Å². The summed E-state index contributed by atoms with van der Waals surface area (Å²) in [7, 11) is 0. The molecule has 4 bridgehead atoms. The number of esters is 1. The van der Waals surface area contributed by atoms with Crippen LogP contribution in [-0.2, 0) is 20.9 Å². The van der Waals surface area contributed by atoms with E-state index in [0.717, 1.165) is 19.3 Å². The number of hydrogen-bond acceptors (Lipinski definition) is 5. The highest BCUT2D eigenvalue weighted by Crippen LogP contribution is 2.65. The van der Waals surface area contributed by atoms with Crippen LogP contribution in [0.2, 0.25) is 0 Å². The lowest BCUT2D eigenvalue weighted by Gasteiger charge is -2.60. The highest BCUT2D eigenvalue weighted by Gasteiger charge is 2.57. The Bertz CT molecular complexity index is 749. The molecule has 2 N–H and O–H groups in total. The highest BCUT2D eigenvalue weighted by atomic mass is 79.9. The van der Waals surface area contributed by atoms with Crippen molar-refractivity contribution in [2.45, 2.75) is 55.8 Å².